The van der Waals surface area contributed by atoms with Crippen LogP contribution in [0.3, 0.4) is 0 Å². The maximum atomic E-state index is 14.4. The summed E-state index contributed by atoms with van der Waals surface area (Å²) in [7, 11) is 0. The van der Waals surface area contributed by atoms with Crippen LogP contribution < -0.4 is 0 Å². The first-order valence-electron chi connectivity index (χ1n) is 19.7. The Morgan fingerprint density at radius 3 is 2.20 bits per heavy atom. The second-order valence-electron chi connectivity index (χ2n) is 16.5. The molecule has 3 N–H and O–H groups in total. The minimum Gasteiger partial charge on any atom is -0.393 e. The van der Waals surface area contributed by atoms with Crippen molar-refractivity contribution in [3.05, 3.63) is 154 Å². The Balaban J connectivity index is 1.30. The van der Waals surface area contributed by atoms with Gasteiger partial charge in [0.05, 0.1) is 17.3 Å². The molecule has 4 aliphatic rings. The topological polar surface area (TPSA) is 81.0 Å². The zero-order valence-electron chi connectivity index (χ0n) is 31.7. The van der Waals surface area contributed by atoms with E-state index in [2.05, 4.69) is 24.8 Å². The van der Waals surface area contributed by atoms with Crippen LogP contribution in [0.25, 0.3) is 0 Å². The second-order valence-corrected chi connectivity index (χ2v) is 16.5. The molecular formula is C47H52F3NO4. The zero-order chi connectivity index (χ0) is 39.0. The summed E-state index contributed by atoms with van der Waals surface area (Å²) < 4.78 is 41.4. The number of alkyl halides is 3. The highest BCUT2D eigenvalue weighted by molar-refractivity contribution is 6.10. The number of aliphatic hydroxyl groups excluding tert-OH is 1. The van der Waals surface area contributed by atoms with E-state index in [1.54, 1.807) is 6.07 Å². The summed E-state index contributed by atoms with van der Waals surface area (Å²) in [6.07, 6.45) is 2.38. The van der Waals surface area contributed by atoms with Crippen molar-refractivity contribution in [1.82, 2.24) is 4.90 Å². The van der Waals surface area contributed by atoms with Gasteiger partial charge >= 0.3 is 6.18 Å². The van der Waals surface area contributed by atoms with E-state index >= 15 is 0 Å². The zero-order valence-corrected chi connectivity index (χ0v) is 31.7. The van der Waals surface area contributed by atoms with Crippen LogP contribution in [0.15, 0.2) is 115 Å². The molecule has 8 heteroatoms. The largest absolute Gasteiger partial charge is 0.416 e. The third-order valence-corrected chi connectivity index (χ3v) is 13.1. The number of nitrogens with zero attached hydrogens (tertiary/aromatic N) is 1. The maximum absolute atomic E-state index is 14.4. The molecule has 1 saturated carbocycles. The van der Waals surface area contributed by atoms with E-state index in [0.29, 0.717) is 69.2 Å². The molecule has 0 radical (unpaired) electrons. The molecule has 0 spiro atoms. The van der Waals surface area contributed by atoms with Gasteiger partial charge in [-0.25, -0.2) is 0 Å². The van der Waals surface area contributed by atoms with Crippen LogP contribution in [0, 0.1) is 5.41 Å². The number of hydrogen-bond acceptors (Lipinski definition) is 5. The fourth-order valence-electron chi connectivity index (χ4n) is 9.95. The van der Waals surface area contributed by atoms with E-state index < -0.39 is 40.2 Å². The molecule has 2 fully saturated rings. The standard InChI is InChI=1S/C47H52F3NO4/c1-32-12-10-25-44(2)41(39-23-21-33(28-38(52)22-20-32)29-40(39)43(53)34-13-9-18-37(30-34)47(48,49)50)24-26-45(44,54)31-51-27-11-19-42(51)46(55,35-14-5-3-6-15-35)36-16-7-4-8-17-36/h3-9,12-18,21,23,29-30,38,41-42,52,54-55H,10-11,19-20,22,24-28,31H2,1-2H3. The molecule has 1 aliphatic heterocycles. The van der Waals surface area contributed by atoms with Crippen LogP contribution in [0.1, 0.15) is 115 Å². The van der Waals surface area contributed by atoms with Gasteiger partial charge in [0.2, 0.25) is 0 Å². The average molecular weight is 752 g/mol. The van der Waals surface area contributed by atoms with E-state index in [1.807, 2.05) is 72.8 Å². The second kappa shape index (κ2) is 15.5. The molecule has 8 rings (SSSR count). The molecule has 290 valence electrons. The number of aliphatic hydroxyl groups is 3. The minimum absolute atomic E-state index is 0.0515. The van der Waals surface area contributed by atoms with Crippen molar-refractivity contribution in [2.24, 2.45) is 5.41 Å². The lowest BCUT2D eigenvalue weighted by Crippen LogP contribution is -2.57. The van der Waals surface area contributed by atoms with Gasteiger partial charge in [-0.1, -0.05) is 104 Å². The summed E-state index contributed by atoms with van der Waals surface area (Å²) in [6, 6.07) is 29.3. The molecule has 4 aromatic carbocycles. The van der Waals surface area contributed by atoms with Crippen LogP contribution in [-0.4, -0.2) is 56.8 Å². The van der Waals surface area contributed by atoms with E-state index in [9.17, 15) is 33.3 Å². The third-order valence-electron chi connectivity index (χ3n) is 13.1. The van der Waals surface area contributed by atoms with E-state index in [0.717, 1.165) is 41.7 Å². The molecule has 4 aromatic rings. The average Bonchev–Trinajstić information content (AvgIpc) is 3.74. The molecule has 3 aliphatic carbocycles. The molecule has 55 heavy (non-hydrogen) atoms. The van der Waals surface area contributed by atoms with Crippen LogP contribution in [0.4, 0.5) is 13.2 Å². The molecule has 0 amide bonds. The van der Waals surface area contributed by atoms with E-state index in [-0.39, 0.29) is 17.5 Å². The van der Waals surface area contributed by atoms with E-state index in [4.69, 9.17) is 0 Å². The first-order valence-corrected chi connectivity index (χ1v) is 19.7. The first-order chi connectivity index (χ1) is 26.2. The van der Waals surface area contributed by atoms with Gasteiger partial charge in [-0.2, -0.15) is 13.2 Å². The van der Waals surface area contributed by atoms with Crippen molar-refractivity contribution in [1.29, 1.82) is 0 Å². The Morgan fingerprint density at radius 1 is 0.855 bits per heavy atom. The van der Waals surface area contributed by atoms with Gasteiger partial charge in [-0.3, -0.25) is 9.69 Å². The van der Waals surface area contributed by atoms with Gasteiger partial charge in [0.25, 0.3) is 0 Å². The number of carbonyl (C=O) groups excluding carboxylic acids is 1. The normalized spacial score (nSPS) is 26.7. The van der Waals surface area contributed by atoms with Crippen molar-refractivity contribution in [3.63, 3.8) is 0 Å². The number of halogens is 3. The number of benzene rings is 4. The van der Waals surface area contributed by atoms with Crippen LogP contribution >= 0.6 is 0 Å². The molecule has 2 bridgehead atoms. The first kappa shape index (κ1) is 39.2. The summed E-state index contributed by atoms with van der Waals surface area (Å²) in [5.41, 5.74) is 0.276. The quantitative estimate of drug-likeness (QED) is 0.130. The number of hydrogen-bond donors (Lipinski definition) is 3. The monoisotopic (exact) mass is 751 g/mol. The Kier molecular flexibility index (Phi) is 11.0. The van der Waals surface area contributed by atoms with Crippen LogP contribution in [0.5, 0.6) is 0 Å². The van der Waals surface area contributed by atoms with Crippen molar-refractivity contribution >= 4 is 5.78 Å². The Bertz CT molecular complexity index is 1970. The van der Waals surface area contributed by atoms with Crippen molar-refractivity contribution in [2.75, 3.05) is 13.1 Å². The highest BCUT2D eigenvalue weighted by Gasteiger charge is 2.59. The Hall–Kier alpha value is -4.08. The predicted octanol–water partition coefficient (Wildman–Crippen LogP) is 9.38. The predicted molar refractivity (Wildman–Crippen MR) is 209 cm³/mol. The minimum atomic E-state index is -4.61. The fourth-order valence-corrected chi connectivity index (χ4v) is 9.95. The summed E-state index contributed by atoms with van der Waals surface area (Å²) in [4.78, 5) is 16.7. The highest BCUT2D eigenvalue weighted by Crippen LogP contribution is 2.59. The third kappa shape index (κ3) is 7.59. The van der Waals surface area contributed by atoms with Gasteiger partial charge in [-0.15, -0.1) is 0 Å². The number of β-amino-alcohol motifs (C(OH)–C–C–N with tert-alkyl or cyclic N) is 1. The SMILES string of the molecule is CC1=CCCC2(C)C(CCC2(O)CN2CCCC2C(O)(c2ccccc2)c2ccccc2)c2ccc(cc2C(=O)c2cccc(C(F)(F)F)c2)CC(O)CC1. The number of likely N-dealkylation sites (tertiary alicyclic amines) is 1. The summed E-state index contributed by atoms with van der Waals surface area (Å²) in [6.45, 7) is 5.20. The van der Waals surface area contributed by atoms with Crippen molar-refractivity contribution in [3.8, 4) is 0 Å². The Labute approximate surface area is 322 Å². The van der Waals surface area contributed by atoms with Gasteiger partial charge in [0.1, 0.15) is 5.60 Å². The van der Waals surface area contributed by atoms with Gasteiger partial charge in [0, 0.05) is 29.1 Å². The fraction of sp³-hybridized carbons (Fsp3) is 0.426. The summed E-state index contributed by atoms with van der Waals surface area (Å²) >= 11 is 0. The van der Waals surface area contributed by atoms with Gasteiger partial charge in [-0.05, 0) is 118 Å². The molecule has 5 nitrogen and oxygen atoms in total. The highest BCUT2D eigenvalue weighted by atomic mass is 19.4. The molecular weight excluding hydrogens is 700 g/mol. The van der Waals surface area contributed by atoms with Crippen molar-refractivity contribution in [2.45, 2.75) is 107 Å². The smallest absolute Gasteiger partial charge is 0.393 e. The number of allylic oxidation sites excluding steroid dienone is 2. The maximum Gasteiger partial charge on any atom is 0.416 e. The van der Waals surface area contributed by atoms with Crippen LogP contribution in [0.2, 0.25) is 0 Å². The molecule has 1 saturated heterocycles. The van der Waals surface area contributed by atoms with Gasteiger partial charge in [0.15, 0.2) is 5.78 Å². The molecule has 0 aromatic heterocycles. The Morgan fingerprint density at radius 2 is 1.53 bits per heavy atom. The summed E-state index contributed by atoms with van der Waals surface area (Å²) in [5.74, 6) is -0.797. The lowest BCUT2D eigenvalue weighted by Gasteiger charge is -2.48. The van der Waals surface area contributed by atoms with Gasteiger partial charge < -0.3 is 15.3 Å². The number of carbonyl (C=O) groups is 1. The molecule has 5 atom stereocenters. The van der Waals surface area contributed by atoms with E-state index in [1.165, 1.54) is 17.7 Å². The number of ketones is 1. The van der Waals surface area contributed by atoms with Crippen LogP contribution in [-0.2, 0) is 18.2 Å². The lowest BCUT2D eigenvalue weighted by atomic mass is 9.64. The molecule has 1 heterocycles. The lowest BCUT2D eigenvalue weighted by molar-refractivity contribution is -0.137. The molecule has 5 unspecified atom stereocenters. The summed E-state index contributed by atoms with van der Waals surface area (Å²) in [5, 5.41) is 37.0. The number of rotatable bonds is 7. The number of fused-ring (bicyclic) bond motifs is 8. The van der Waals surface area contributed by atoms with Crippen molar-refractivity contribution < 1.29 is 33.3 Å².